The van der Waals surface area contributed by atoms with E-state index in [1.54, 1.807) is 11.3 Å². The maximum Gasteiger partial charge on any atom is 0.124 e. The van der Waals surface area contributed by atoms with E-state index in [2.05, 4.69) is 187 Å². The quantitative estimate of drug-likeness (QED) is 0.170. The third kappa shape index (κ3) is 5.02. The van der Waals surface area contributed by atoms with Crippen LogP contribution >= 0.6 is 11.3 Å². The molecule has 2 nitrogen and oxygen atoms in total. The average molecular weight is 631 g/mol. The van der Waals surface area contributed by atoms with Crippen LogP contribution in [0.3, 0.4) is 0 Å². The molecule has 0 aliphatic heterocycles. The van der Waals surface area contributed by atoms with Crippen molar-refractivity contribution < 1.29 is 0 Å². The summed E-state index contributed by atoms with van der Waals surface area (Å²) >= 11 is 1.78. The summed E-state index contributed by atoms with van der Waals surface area (Å²) in [5, 5.41) is 5.97. The Bertz CT molecular complexity index is 2520. The lowest BCUT2D eigenvalue weighted by Gasteiger charge is -2.26. The Labute approximate surface area is 283 Å². The molecule has 9 rings (SSSR count). The van der Waals surface area contributed by atoms with Crippen LogP contribution in [-0.4, -0.2) is 4.98 Å². The highest BCUT2D eigenvalue weighted by Crippen LogP contribution is 2.44. The highest BCUT2D eigenvalue weighted by atomic mass is 32.1. The van der Waals surface area contributed by atoms with Crippen LogP contribution in [0.2, 0.25) is 0 Å². The van der Waals surface area contributed by atoms with Crippen LogP contribution in [0.5, 0.6) is 0 Å². The number of thiazole rings is 1. The Morgan fingerprint density at radius 1 is 0.417 bits per heavy atom. The molecule has 0 aliphatic carbocycles. The van der Waals surface area contributed by atoms with Crippen LogP contribution in [0.25, 0.3) is 64.6 Å². The molecule has 8 aromatic carbocycles. The number of rotatable bonds is 6. The van der Waals surface area contributed by atoms with Crippen LogP contribution in [0.4, 0.5) is 17.1 Å². The van der Waals surface area contributed by atoms with Crippen molar-refractivity contribution in [3.05, 3.63) is 182 Å². The molecular weight excluding hydrogens is 601 g/mol. The van der Waals surface area contributed by atoms with Crippen molar-refractivity contribution in [2.75, 3.05) is 4.90 Å². The summed E-state index contributed by atoms with van der Waals surface area (Å²) in [7, 11) is 0. The van der Waals surface area contributed by atoms with Gasteiger partial charge in [-0.25, -0.2) is 4.98 Å². The minimum atomic E-state index is 1.03. The van der Waals surface area contributed by atoms with Gasteiger partial charge in [-0.3, -0.25) is 0 Å². The minimum Gasteiger partial charge on any atom is -0.310 e. The van der Waals surface area contributed by atoms with Gasteiger partial charge in [0.25, 0.3) is 0 Å². The lowest BCUT2D eigenvalue weighted by molar-refractivity contribution is 1.29. The summed E-state index contributed by atoms with van der Waals surface area (Å²) < 4.78 is 1.22. The first kappa shape index (κ1) is 28.2. The lowest BCUT2D eigenvalue weighted by atomic mass is 9.92. The lowest BCUT2D eigenvalue weighted by Crippen LogP contribution is -2.09. The van der Waals surface area contributed by atoms with E-state index < -0.39 is 0 Å². The van der Waals surface area contributed by atoms with Gasteiger partial charge in [-0.1, -0.05) is 133 Å². The third-order valence-electron chi connectivity index (χ3n) is 9.06. The molecule has 1 aromatic heterocycles. The van der Waals surface area contributed by atoms with E-state index in [9.17, 15) is 0 Å². The predicted molar refractivity (Wildman–Crippen MR) is 206 cm³/mol. The number of aromatic nitrogens is 1. The molecule has 0 aliphatic rings. The van der Waals surface area contributed by atoms with Crippen molar-refractivity contribution in [1.29, 1.82) is 0 Å². The monoisotopic (exact) mass is 630 g/mol. The fraction of sp³-hybridized carbons (Fsp3) is 0. The van der Waals surface area contributed by atoms with Gasteiger partial charge in [0.2, 0.25) is 0 Å². The zero-order chi connectivity index (χ0) is 31.9. The summed E-state index contributed by atoms with van der Waals surface area (Å²) in [5.74, 6) is 0. The summed E-state index contributed by atoms with van der Waals surface area (Å²) in [6, 6.07) is 65.0. The molecule has 1 heterocycles. The number of para-hydroxylation sites is 1. The van der Waals surface area contributed by atoms with E-state index >= 15 is 0 Å². The van der Waals surface area contributed by atoms with Gasteiger partial charge in [-0.05, 0) is 86.9 Å². The van der Waals surface area contributed by atoms with Crippen molar-refractivity contribution in [1.82, 2.24) is 4.98 Å². The SMILES string of the molecule is c1ccc(-c2ccc(N(c3ccccc3)c3ccc4c(c3)cc(-c3ccccc3)c3ccc5nc(-c6ccccc6)sc5c34)cc2)cc1. The third-order valence-corrected chi connectivity index (χ3v) is 10.2. The predicted octanol–water partition coefficient (Wildman–Crippen LogP) is 13.1. The molecular formula is C45H30N2S. The Morgan fingerprint density at radius 3 is 1.65 bits per heavy atom. The highest BCUT2D eigenvalue weighted by molar-refractivity contribution is 7.22. The molecule has 0 atom stereocenters. The summed E-state index contributed by atoms with van der Waals surface area (Å²) in [4.78, 5) is 7.46. The molecule has 0 saturated carbocycles. The Morgan fingerprint density at radius 2 is 0.958 bits per heavy atom. The summed E-state index contributed by atoms with van der Waals surface area (Å²) in [5.41, 5.74) is 10.4. The van der Waals surface area contributed by atoms with Gasteiger partial charge in [0.05, 0.1) is 10.2 Å². The van der Waals surface area contributed by atoms with Gasteiger partial charge < -0.3 is 4.90 Å². The van der Waals surface area contributed by atoms with Gasteiger partial charge >= 0.3 is 0 Å². The van der Waals surface area contributed by atoms with Crippen molar-refractivity contribution in [2.45, 2.75) is 0 Å². The van der Waals surface area contributed by atoms with Gasteiger partial charge in [0.1, 0.15) is 5.01 Å². The molecule has 3 heteroatoms. The average Bonchev–Trinajstić information content (AvgIpc) is 3.61. The first-order chi connectivity index (χ1) is 23.8. The number of hydrogen-bond acceptors (Lipinski definition) is 3. The van der Waals surface area contributed by atoms with Crippen molar-refractivity contribution in [2.24, 2.45) is 0 Å². The minimum absolute atomic E-state index is 1.03. The van der Waals surface area contributed by atoms with Crippen molar-refractivity contribution in [3.8, 4) is 32.8 Å². The van der Waals surface area contributed by atoms with Crippen molar-refractivity contribution in [3.63, 3.8) is 0 Å². The first-order valence-electron chi connectivity index (χ1n) is 16.2. The zero-order valence-electron chi connectivity index (χ0n) is 26.1. The van der Waals surface area contributed by atoms with Gasteiger partial charge in [-0.2, -0.15) is 0 Å². The van der Waals surface area contributed by atoms with E-state index in [1.165, 1.54) is 48.5 Å². The van der Waals surface area contributed by atoms with E-state index in [1.807, 2.05) is 0 Å². The van der Waals surface area contributed by atoms with Crippen LogP contribution < -0.4 is 4.90 Å². The summed E-state index contributed by atoms with van der Waals surface area (Å²) in [6.45, 7) is 0. The second-order valence-electron chi connectivity index (χ2n) is 12.0. The molecule has 0 amide bonds. The smallest absolute Gasteiger partial charge is 0.124 e. The van der Waals surface area contributed by atoms with Crippen LogP contribution in [-0.2, 0) is 0 Å². The maximum absolute atomic E-state index is 5.11. The number of benzene rings is 8. The Hall–Kier alpha value is -6.03. The van der Waals surface area contributed by atoms with Gasteiger partial charge in [-0.15, -0.1) is 11.3 Å². The molecule has 0 saturated heterocycles. The molecule has 0 spiro atoms. The number of fused-ring (bicyclic) bond motifs is 5. The molecule has 226 valence electrons. The topological polar surface area (TPSA) is 16.1 Å². The largest absolute Gasteiger partial charge is 0.310 e. The molecule has 48 heavy (non-hydrogen) atoms. The van der Waals surface area contributed by atoms with Gasteiger partial charge in [0, 0.05) is 28.0 Å². The maximum atomic E-state index is 5.11. The van der Waals surface area contributed by atoms with Gasteiger partial charge in [0.15, 0.2) is 0 Å². The van der Waals surface area contributed by atoms with Crippen LogP contribution in [0.1, 0.15) is 0 Å². The Balaban J connectivity index is 1.27. The molecule has 0 unspecified atom stereocenters. The van der Waals surface area contributed by atoms with Crippen LogP contribution in [0.15, 0.2) is 182 Å². The second-order valence-corrected chi connectivity index (χ2v) is 13.0. The van der Waals surface area contributed by atoms with E-state index in [0.717, 1.165) is 33.1 Å². The molecule has 0 bridgehead atoms. The molecule has 0 N–H and O–H groups in total. The molecule has 0 radical (unpaired) electrons. The Kier molecular flexibility index (Phi) is 7.03. The fourth-order valence-corrected chi connectivity index (χ4v) is 7.90. The van der Waals surface area contributed by atoms with Crippen molar-refractivity contribution >= 4 is 60.2 Å². The standard InChI is InChI=1S/C45H30N2S/c1-5-13-31(14-6-1)32-21-23-37(24-22-32)47(36-19-11-4-12-20-36)38-25-26-39-35(29-38)30-41(33-15-7-2-8-16-33)40-27-28-42-44(43(39)40)48-45(46-42)34-17-9-3-10-18-34/h1-30H. The fourth-order valence-electron chi connectivity index (χ4n) is 6.77. The number of nitrogens with zero attached hydrogens (tertiary/aromatic N) is 2. The van der Waals surface area contributed by atoms with Crippen LogP contribution in [0, 0.1) is 0 Å². The number of anilines is 3. The second kappa shape index (κ2) is 12.0. The molecule has 9 aromatic rings. The van der Waals surface area contributed by atoms with E-state index in [-0.39, 0.29) is 0 Å². The van der Waals surface area contributed by atoms with E-state index in [4.69, 9.17) is 4.98 Å². The van der Waals surface area contributed by atoms with E-state index in [0.29, 0.717) is 0 Å². The molecule has 0 fully saturated rings. The number of hydrogen-bond donors (Lipinski definition) is 0. The summed E-state index contributed by atoms with van der Waals surface area (Å²) in [6.07, 6.45) is 0. The highest BCUT2D eigenvalue weighted by Gasteiger charge is 2.18. The normalized spacial score (nSPS) is 11.3. The zero-order valence-corrected chi connectivity index (χ0v) is 26.9. The first-order valence-corrected chi connectivity index (χ1v) is 17.0.